The van der Waals surface area contributed by atoms with Crippen LogP contribution in [0.15, 0.2) is 88.8 Å². The Morgan fingerprint density at radius 3 is 2.78 bits per heavy atom. The van der Waals surface area contributed by atoms with Gasteiger partial charge in [-0.2, -0.15) is 0 Å². The van der Waals surface area contributed by atoms with Gasteiger partial charge < -0.3 is 19.0 Å². The number of nitrogens with zero attached hydrogens (tertiary/aromatic N) is 2. The van der Waals surface area contributed by atoms with Crippen molar-refractivity contribution < 1.29 is 13.9 Å². The third-order valence-corrected chi connectivity index (χ3v) is 6.40. The number of aromatic nitrogens is 2. The van der Waals surface area contributed by atoms with Crippen LogP contribution in [0.3, 0.4) is 0 Å². The zero-order chi connectivity index (χ0) is 21.8. The van der Waals surface area contributed by atoms with Crippen molar-refractivity contribution in [3.63, 3.8) is 0 Å². The molecule has 4 aromatic rings. The average molecular weight is 446 g/mol. The second-order valence-electron chi connectivity index (χ2n) is 7.54. The molecule has 7 heteroatoms. The van der Waals surface area contributed by atoms with E-state index >= 15 is 0 Å². The number of hydrogen-bond donors (Lipinski definition) is 1. The molecule has 1 atom stereocenters. The van der Waals surface area contributed by atoms with Gasteiger partial charge in [0.2, 0.25) is 5.91 Å². The molecule has 0 aliphatic carbocycles. The minimum Gasteiger partial charge on any atom is -0.493 e. The van der Waals surface area contributed by atoms with Gasteiger partial charge in [-0.3, -0.25) is 4.79 Å². The Kier molecular flexibility index (Phi) is 5.98. The van der Waals surface area contributed by atoms with Gasteiger partial charge in [0, 0.05) is 12.0 Å². The zero-order valence-corrected chi connectivity index (χ0v) is 18.3. The molecule has 2 aromatic heterocycles. The maximum Gasteiger partial charge on any atom is 0.230 e. The Labute approximate surface area is 190 Å². The molecule has 6 nitrogen and oxygen atoms in total. The van der Waals surface area contributed by atoms with Crippen molar-refractivity contribution in [2.24, 2.45) is 0 Å². The van der Waals surface area contributed by atoms with Crippen LogP contribution in [0.25, 0.3) is 11.3 Å². The number of amides is 1. The highest BCUT2D eigenvalue weighted by atomic mass is 32.2. The summed E-state index contributed by atoms with van der Waals surface area (Å²) in [5, 5.41) is 3.93. The Hall–Kier alpha value is -3.45. The van der Waals surface area contributed by atoms with Gasteiger partial charge in [-0.05, 0) is 23.8 Å². The normalized spacial score (nSPS) is 15.1. The Bertz CT molecular complexity index is 1190. The lowest BCUT2D eigenvalue weighted by Gasteiger charge is -2.26. The number of nitrogens with one attached hydrogen (secondary N) is 1. The number of para-hydroxylation sites is 1. The molecule has 1 aliphatic rings. The number of ether oxygens (including phenoxy) is 1. The molecule has 1 aliphatic heterocycles. The fourth-order valence-electron chi connectivity index (χ4n) is 3.88. The summed E-state index contributed by atoms with van der Waals surface area (Å²) in [5.41, 5.74) is 3.09. The molecule has 0 spiro atoms. The van der Waals surface area contributed by atoms with E-state index in [-0.39, 0.29) is 17.7 Å². The van der Waals surface area contributed by atoms with E-state index < -0.39 is 0 Å². The monoisotopic (exact) mass is 445 g/mol. The molecule has 5 rings (SSSR count). The van der Waals surface area contributed by atoms with E-state index in [4.69, 9.17) is 9.15 Å². The van der Waals surface area contributed by atoms with Gasteiger partial charge in [0.15, 0.2) is 5.16 Å². The smallest absolute Gasteiger partial charge is 0.230 e. The van der Waals surface area contributed by atoms with Crippen LogP contribution < -0.4 is 10.1 Å². The van der Waals surface area contributed by atoms with Gasteiger partial charge >= 0.3 is 0 Å². The number of thioether (sulfide) groups is 1. The van der Waals surface area contributed by atoms with Crippen molar-refractivity contribution in [1.82, 2.24) is 14.9 Å². The first-order valence-corrected chi connectivity index (χ1v) is 11.5. The lowest BCUT2D eigenvalue weighted by Crippen LogP contribution is -2.33. The molecule has 1 N–H and O–H groups in total. The van der Waals surface area contributed by atoms with E-state index in [9.17, 15) is 4.79 Å². The summed E-state index contributed by atoms with van der Waals surface area (Å²) in [7, 11) is 0. The summed E-state index contributed by atoms with van der Waals surface area (Å²) >= 11 is 1.43. The molecule has 0 saturated carbocycles. The first-order chi connectivity index (χ1) is 15.8. The van der Waals surface area contributed by atoms with Gasteiger partial charge in [0.05, 0.1) is 43.1 Å². The predicted octanol–water partition coefficient (Wildman–Crippen LogP) is 4.92. The third kappa shape index (κ3) is 4.43. The summed E-state index contributed by atoms with van der Waals surface area (Å²) in [5.74, 6) is 1.94. The Morgan fingerprint density at radius 2 is 1.94 bits per heavy atom. The maximum absolute atomic E-state index is 12.8. The number of benzene rings is 2. The highest BCUT2D eigenvalue weighted by molar-refractivity contribution is 7.99. The first-order valence-electron chi connectivity index (χ1n) is 10.5. The molecule has 0 bridgehead atoms. The molecule has 0 saturated heterocycles. The van der Waals surface area contributed by atoms with E-state index in [0.717, 1.165) is 39.9 Å². The average Bonchev–Trinajstić information content (AvgIpc) is 3.49. The molecular formula is C25H23N3O3S. The van der Waals surface area contributed by atoms with Crippen LogP contribution >= 0.6 is 11.8 Å². The largest absolute Gasteiger partial charge is 0.493 e. The number of hydrogen-bond acceptors (Lipinski definition) is 5. The molecule has 3 heterocycles. The van der Waals surface area contributed by atoms with Crippen molar-refractivity contribution in [2.45, 2.75) is 24.2 Å². The second kappa shape index (κ2) is 9.36. The van der Waals surface area contributed by atoms with Crippen molar-refractivity contribution in [3.05, 3.63) is 90.5 Å². The zero-order valence-electron chi connectivity index (χ0n) is 17.4. The predicted molar refractivity (Wildman–Crippen MR) is 124 cm³/mol. The number of carbonyl (C=O) groups excluding carboxylic acids is 1. The molecule has 32 heavy (non-hydrogen) atoms. The molecule has 162 valence electrons. The first kappa shape index (κ1) is 20.5. The van der Waals surface area contributed by atoms with Crippen LogP contribution in [0.4, 0.5) is 0 Å². The number of furan rings is 1. The lowest BCUT2D eigenvalue weighted by atomic mass is 10.0. The van der Waals surface area contributed by atoms with E-state index in [1.165, 1.54) is 11.8 Å². The maximum atomic E-state index is 12.8. The molecule has 0 radical (unpaired) electrons. The molecular weight excluding hydrogens is 422 g/mol. The number of rotatable bonds is 7. The van der Waals surface area contributed by atoms with Crippen LogP contribution in [-0.4, -0.2) is 27.8 Å². The number of fused-ring (bicyclic) bond motifs is 1. The fraction of sp³-hybridized carbons (Fsp3) is 0.200. The molecule has 1 amide bonds. The Balaban J connectivity index is 1.31. The van der Waals surface area contributed by atoms with Crippen molar-refractivity contribution in [1.29, 1.82) is 0 Å². The molecule has 2 aromatic carbocycles. The third-order valence-electron chi connectivity index (χ3n) is 5.41. The molecule has 0 fully saturated rings. The number of imidazole rings is 1. The summed E-state index contributed by atoms with van der Waals surface area (Å²) < 4.78 is 13.4. The van der Waals surface area contributed by atoms with E-state index in [2.05, 4.69) is 27.0 Å². The van der Waals surface area contributed by atoms with Crippen molar-refractivity contribution >= 4 is 17.7 Å². The SMILES string of the molecule is O=C(CSc1ncc(-c2ccccc2)n1Cc1ccco1)N[C@@H]1CCOc2ccccc21. The van der Waals surface area contributed by atoms with E-state index in [0.29, 0.717) is 13.2 Å². The summed E-state index contributed by atoms with van der Waals surface area (Å²) in [6.45, 7) is 1.15. The van der Waals surface area contributed by atoms with Gasteiger partial charge in [-0.25, -0.2) is 4.98 Å². The van der Waals surface area contributed by atoms with Gasteiger partial charge in [-0.15, -0.1) is 0 Å². The van der Waals surface area contributed by atoms with Crippen LogP contribution in [0.5, 0.6) is 5.75 Å². The van der Waals surface area contributed by atoms with E-state index in [1.54, 1.807) is 6.26 Å². The minimum absolute atomic E-state index is 0.0227. The highest BCUT2D eigenvalue weighted by Gasteiger charge is 2.23. The van der Waals surface area contributed by atoms with E-state index in [1.807, 2.05) is 60.8 Å². The Morgan fingerprint density at radius 1 is 1.09 bits per heavy atom. The standard InChI is InChI=1S/C25H23N3O3S/c29-24(27-21-12-14-31-23-11-5-4-10-20(21)23)17-32-25-26-15-22(18-7-2-1-3-8-18)28(25)16-19-9-6-13-30-19/h1-11,13,15,21H,12,14,16-17H2,(H,27,29)/t21-/m1/s1. The van der Waals surface area contributed by atoms with Crippen LogP contribution in [0, 0.1) is 0 Å². The topological polar surface area (TPSA) is 69.3 Å². The van der Waals surface area contributed by atoms with Crippen LogP contribution in [-0.2, 0) is 11.3 Å². The second-order valence-corrected chi connectivity index (χ2v) is 8.48. The van der Waals surface area contributed by atoms with Gasteiger partial charge in [-0.1, -0.05) is 60.3 Å². The fourth-order valence-corrected chi connectivity index (χ4v) is 4.67. The number of carbonyl (C=O) groups is 1. The van der Waals surface area contributed by atoms with Crippen LogP contribution in [0.2, 0.25) is 0 Å². The van der Waals surface area contributed by atoms with Crippen LogP contribution in [0.1, 0.15) is 23.8 Å². The van der Waals surface area contributed by atoms with Crippen molar-refractivity contribution in [3.8, 4) is 17.0 Å². The van der Waals surface area contributed by atoms with Gasteiger partial charge in [0.1, 0.15) is 11.5 Å². The van der Waals surface area contributed by atoms with Crippen molar-refractivity contribution in [2.75, 3.05) is 12.4 Å². The lowest BCUT2D eigenvalue weighted by molar-refractivity contribution is -0.119. The van der Waals surface area contributed by atoms with Gasteiger partial charge in [0.25, 0.3) is 0 Å². The minimum atomic E-state index is -0.0317. The highest BCUT2D eigenvalue weighted by Crippen LogP contribution is 2.32. The summed E-state index contributed by atoms with van der Waals surface area (Å²) in [6, 6.07) is 21.8. The summed E-state index contributed by atoms with van der Waals surface area (Å²) in [4.78, 5) is 17.4. The summed E-state index contributed by atoms with van der Waals surface area (Å²) in [6.07, 6.45) is 4.28. The quantitative estimate of drug-likeness (QED) is 0.409. The molecule has 0 unspecified atom stereocenters.